The first-order valence-electron chi connectivity index (χ1n) is 5.70. The molecule has 1 rings (SSSR count). The Morgan fingerprint density at radius 3 is 2.71 bits per heavy atom. The first-order valence-corrected chi connectivity index (χ1v) is 7.10. The van der Waals surface area contributed by atoms with Gasteiger partial charge in [-0.15, -0.1) is 0 Å². The Morgan fingerprint density at radius 2 is 2.00 bits per heavy atom. The zero-order valence-electron chi connectivity index (χ0n) is 9.54. The van der Waals surface area contributed by atoms with Crippen LogP contribution in [0.2, 0.25) is 0 Å². The monoisotopic (exact) mass is 216 g/mol. The van der Waals surface area contributed by atoms with Crippen molar-refractivity contribution in [2.45, 2.75) is 44.2 Å². The van der Waals surface area contributed by atoms with Crippen LogP contribution in [-0.4, -0.2) is 42.6 Å². The Labute approximate surface area is 92.6 Å². The van der Waals surface area contributed by atoms with E-state index in [1.54, 1.807) is 0 Å². The molecule has 0 saturated heterocycles. The molecule has 2 nitrogen and oxygen atoms in total. The van der Waals surface area contributed by atoms with Gasteiger partial charge in [0, 0.05) is 24.4 Å². The molecule has 0 spiro atoms. The second kappa shape index (κ2) is 6.70. The van der Waals surface area contributed by atoms with Crippen molar-refractivity contribution in [3.05, 3.63) is 0 Å². The predicted molar refractivity (Wildman–Crippen MR) is 65.9 cm³/mol. The molecule has 1 saturated carbocycles. The SMILES string of the molecule is CSCCN(C)C1CCCCCC1N. The minimum atomic E-state index is 0.407. The lowest BCUT2D eigenvalue weighted by molar-refractivity contribution is 0.212. The molecule has 1 aliphatic rings. The molecule has 0 radical (unpaired) electrons. The lowest BCUT2D eigenvalue weighted by atomic mass is 10.0. The molecule has 0 aromatic carbocycles. The highest BCUT2D eigenvalue weighted by Crippen LogP contribution is 2.20. The highest BCUT2D eigenvalue weighted by atomic mass is 32.2. The molecule has 0 aliphatic heterocycles. The molecule has 2 N–H and O–H groups in total. The van der Waals surface area contributed by atoms with Crippen molar-refractivity contribution in [3.8, 4) is 0 Å². The summed E-state index contributed by atoms with van der Waals surface area (Å²) in [4.78, 5) is 2.46. The van der Waals surface area contributed by atoms with Crippen LogP contribution < -0.4 is 5.73 Å². The Hall–Kier alpha value is 0.270. The lowest BCUT2D eigenvalue weighted by Crippen LogP contribution is -2.46. The summed E-state index contributed by atoms with van der Waals surface area (Å²) in [6, 6.07) is 1.04. The number of nitrogens with two attached hydrogens (primary N) is 1. The summed E-state index contributed by atoms with van der Waals surface area (Å²) in [7, 11) is 2.23. The van der Waals surface area contributed by atoms with Crippen LogP contribution in [0.1, 0.15) is 32.1 Å². The number of likely N-dealkylation sites (N-methyl/N-ethyl adjacent to an activating group) is 1. The van der Waals surface area contributed by atoms with E-state index in [2.05, 4.69) is 18.2 Å². The molecule has 1 fully saturated rings. The van der Waals surface area contributed by atoms with Crippen molar-refractivity contribution in [2.75, 3.05) is 25.6 Å². The third-order valence-electron chi connectivity index (χ3n) is 3.25. The van der Waals surface area contributed by atoms with E-state index in [1.165, 1.54) is 44.4 Å². The fraction of sp³-hybridized carbons (Fsp3) is 1.00. The Bertz CT molecular complexity index is 152. The smallest absolute Gasteiger partial charge is 0.0244 e. The molecule has 3 heteroatoms. The van der Waals surface area contributed by atoms with E-state index >= 15 is 0 Å². The molecule has 0 aromatic heterocycles. The van der Waals surface area contributed by atoms with Crippen LogP contribution in [0.3, 0.4) is 0 Å². The van der Waals surface area contributed by atoms with Crippen molar-refractivity contribution in [2.24, 2.45) is 5.73 Å². The van der Waals surface area contributed by atoms with Crippen molar-refractivity contribution < 1.29 is 0 Å². The van der Waals surface area contributed by atoms with E-state index in [0.717, 1.165) is 0 Å². The minimum Gasteiger partial charge on any atom is -0.326 e. The van der Waals surface area contributed by atoms with E-state index < -0.39 is 0 Å². The van der Waals surface area contributed by atoms with Gasteiger partial charge in [-0.1, -0.05) is 19.3 Å². The number of thioether (sulfide) groups is 1. The van der Waals surface area contributed by atoms with Crippen LogP contribution in [0.25, 0.3) is 0 Å². The first-order chi connectivity index (χ1) is 6.75. The highest BCUT2D eigenvalue weighted by molar-refractivity contribution is 7.98. The van der Waals surface area contributed by atoms with Gasteiger partial charge in [-0.05, 0) is 26.1 Å². The zero-order chi connectivity index (χ0) is 10.4. The van der Waals surface area contributed by atoms with Gasteiger partial charge < -0.3 is 10.6 Å². The maximum Gasteiger partial charge on any atom is 0.0244 e. The molecule has 0 heterocycles. The molecule has 0 amide bonds. The minimum absolute atomic E-state index is 0.407. The summed E-state index contributed by atoms with van der Waals surface area (Å²) in [5.74, 6) is 1.22. The topological polar surface area (TPSA) is 29.3 Å². The summed E-state index contributed by atoms with van der Waals surface area (Å²) in [6.45, 7) is 1.18. The number of rotatable bonds is 4. The molecule has 2 unspecified atom stereocenters. The standard InChI is InChI=1S/C11H24N2S/c1-13(8-9-14-2)11-7-5-3-4-6-10(11)12/h10-11H,3-9,12H2,1-2H3. The molecule has 0 bridgehead atoms. The highest BCUT2D eigenvalue weighted by Gasteiger charge is 2.23. The van der Waals surface area contributed by atoms with Gasteiger partial charge in [0.25, 0.3) is 0 Å². The van der Waals surface area contributed by atoms with Gasteiger partial charge in [0.1, 0.15) is 0 Å². The zero-order valence-corrected chi connectivity index (χ0v) is 10.4. The van der Waals surface area contributed by atoms with E-state index in [1.807, 2.05) is 11.8 Å². The maximum absolute atomic E-state index is 6.20. The van der Waals surface area contributed by atoms with Crippen LogP contribution in [0.15, 0.2) is 0 Å². The molecule has 1 aliphatic carbocycles. The van der Waals surface area contributed by atoms with Gasteiger partial charge >= 0.3 is 0 Å². The van der Waals surface area contributed by atoms with Gasteiger partial charge in [0.05, 0.1) is 0 Å². The van der Waals surface area contributed by atoms with Gasteiger partial charge in [-0.25, -0.2) is 0 Å². The molecule has 2 atom stereocenters. The molecule has 14 heavy (non-hydrogen) atoms. The molecule has 84 valence electrons. The van der Waals surface area contributed by atoms with Gasteiger partial charge in [0.2, 0.25) is 0 Å². The normalized spacial score (nSPS) is 29.1. The maximum atomic E-state index is 6.20. The van der Waals surface area contributed by atoms with Crippen LogP contribution in [0.5, 0.6) is 0 Å². The number of hydrogen-bond acceptors (Lipinski definition) is 3. The number of nitrogens with zero attached hydrogens (tertiary/aromatic N) is 1. The average Bonchev–Trinajstić information content (AvgIpc) is 2.39. The first kappa shape index (κ1) is 12.3. The Morgan fingerprint density at radius 1 is 1.29 bits per heavy atom. The van der Waals surface area contributed by atoms with Gasteiger partial charge in [-0.3, -0.25) is 0 Å². The van der Waals surface area contributed by atoms with Crippen LogP contribution >= 0.6 is 11.8 Å². The summed E-state index contributed by atoms with van der Waals surface area (Å²) in [5.41, 5.74) is 6.20. The Balaban J connectivity index is 2.37. The van der Waals surface area contributed by atoms with Crippen molar-refractivity contribution >= 4 is 11.8 Å². The molecule has 0 aromatic rings. The fourth-order valence-electron chi connectivity index (χ4n) is 2.27. The predicted octanol–water partition coefficient (Wildman–Crippen LogP) is 1.94. The molecular formula is C11H24N2S. The third kappa shape index (κ3) is 3.79. The fourth-order valence-corrected chi connectivity index (χ4v) is 2.74. The lowest BCUT2D eigenvalue weighted by Gasteiger charge is -2.31. The van der Waals surface area contributed by atoms with Crippen molar-refractivity contribution in [1.29, 1.82) is 0 Å². The second-order valence-corrected chi connectivity index (χ2v) is 5.33. The van der Waals surface area contributed by atoms with E-state index in [0.29, 0.717) is 12.1 Å². The quantitative estimate of drug-likeness (QED) is 0.728. The van der Waals surface area contributed by atoms with Crippen molar-refractivity contribution in [3.63, 3.8) is 0 Å². The average molecular weight is 216 g/mol. The summed E-state index contributed by atoms with van der Waals surface area (Å²) < 4.78 is 0. The number of hydrogen-bond donors (Lipinski definition) is 1. The van der Waals surface area contributed by atoms with Gasteiger partial charge in [-0.2, -0.15) is 11.8 Å². The summed E-state index contributed by atoms with van der Waals surface area (Å²) in [6.07, 6.45) is 8.75. The Kier molecular flexibility index (Phi) is 5.90. The van der Waals surface area contributed by atoms with Crippen LogP contribution in [0, 0.1) is 0 Å². The third-order valence-corrected chi connectivity index (χ3v) is 3.84. The van der Waals surface area contributed by atoms with Crippen LogP contribution in [-0.2, 0) is 0 Å². The molecular weight excluding hydrogens is 192 g/mol. The summed E-state index contributed by atoms with van der Waals surface area (Å²) in [5, 5.41) is 0. The largest absolute Gasteiger partial charge is 0.326 e. The van der Waals surface area contributed by atoms with E-state index in [9.17, 15) is 0 Å². The van der Waals surface area contributed by atoms with Crippen molar-refractivity contribution in [1.82, 2.24) is 4.90 Å². The second-order valence-electron chi connectivity index (χ2n) is 4.34. The summed E-state index contributed by atoms with van der Waals surface area (Å²) >= 11 is 1.92. The van der Waals surface area contributed by atoms with E-state index in [-0.39, 0.29) is 0 Å². The van der Waals surface area contributed by atoms with E-state index in [4.69, 9.17) is 5.73 Å². The van der Waals surface area contributed by atoms with Crippen LogP contribution in [0.4, 0.5) is 0 Å². The van der Waals surface area contributed by atoms with Gasteiger partial charge in [0.15, 0.2) is 0 Å².